The van der Waals surface area contributed by atoms with E-state index in [9.17, 15) is 14.4 Å². The van der Waals surface area contributed by atoms with Crippen LogP contribution in [0.1, 0.15) is 29.7 Å². The van der Waals surface area contributed by atoms with Crippen molar-refractivity contribution in [3.8, 4) is 0 Å². The third kappa shape index (κ3) is 3.60. The zero-order valence-corrected chi connectivity index (χ0v) is 14.3. The van der Waals surface area contributed by atoms with Crippen molar-refractivity contribution in [1.82, 2.24) is 4.57 Å². The predicted molar refractivity (Wildman–Crippen MR) is 93.6 cm³/mol. The number of nitrogens with two attached hydrogens (primary N) is 1. The lowest BCUT2D eigenvalue weighted by atomic mass is 10.2. The summed E-state index contributed by atoms with van der Waals surface area (Å²) in [6.45, 7) is 1.73. The normalized spacial score (nSPS) is 11.8. The number of hydrogen-bond acceptors (Lipinski definition) is 3. The molecule has 8 heteroatoms. The number of amides is 2. The van der Waals surface area contributed by atoms with Gasteiger partial charge in [-0.1, -0.05) is 36.2 Å². The molecule has 1 atom stereocenters. The second kappa shape index (κ2) is 7.51. The molecule has 0 aliphatic rings. The molecule has 24 heavy (non-hydrogen) atoms. The maximum Gasteiger partial charge on any atom is 0.275 e. The van der Waals surface area contributed by atoms with E-state index in [2.05, 4.69) is 5.32 Å². The van der Waals surface area contributed by atoms with Crippen molar-refractivity contribution in [2.75, 3.05) is 5.32 Å². The van der Waals surface area contributed by atoms with E-state index in [-0.39, 0.29) is 21.3 Å². The molecule has 2 rings (SSSR count). The molecule has 0 fully saturated rings. The lowest BCUT2D eigenvalue weighted by Crippen LogP contribution is -2.34. The summed E-state index contributed by atoms with van der Waals surface area (Å²) in [5.74, 6) is -1.25. The lowest BCUT2D eigenvalue weighted by molar-refractivity contribution is -0.121. The van der Waals surface area contributed by atoms with Crippen molar-refractivity contribution < 1.29 is 9.59 Å². The zero-order chi connectivity index (χ0) is 17.9. The van der Waals surface area contributed by atoms with Crippen LogP contribution in [0, 0.1) is 0 Å². The number of rotatable bonds is 5. The largest absolute Gasteiger partial charge is 0.368 e. The second-order valence-corrected chi connectivity index (χ2v) is 5.83. The average Bonchev–Trinajstić information content (AvgIpc) is 2.51. The Bertz CT molecular complexity index is 828. The van der Waals surface area contributed by atoms with Crippen molar-refractivity contribution in [2.24, 2.45) is 5.73 Å². The van der Waals surface area contributed by atoms with Crippen molar-refractivity contribution in [3.63, 3.8) is 0 Å². The van der Waals surface area contributed by atoms with Crippen LogP contribution in [0.2, 0.25) is 10.0 Å². The first-order valence-corrected chi connectivity index (χ1v) is 7.88. The summed E-state index contributed by atoms with van der Waals surface area (Å²) in [6.07, 6.45) is 1.79. The van der Waals surface area contributed by atoms with Gasteiger partial charge in [0.1, 0.15) is 11.7 Å². The molecule has 1 aromatic heterocycles. The molecule has 0 aliphatic heterocycles. The maximum atomic E-state index is 12.5. The zero-order valence-electron chi connectivity index (χ0n) is 12.8. The molecule has 2 amide bonds. The molecular formula is C16H15Cl2N3O3. The summed E-state index contributed by atoms with van der Waals surface area (Å²) >= 11 is 12.0. The maximum absolute atomic E-state index is 12.5. The van der Waals surface area contributed by atoms with Crippen molar-refractivity contribution in [1.29, 1.82) is 0 Å². The highest BCUT2D eigenvalue weighted by atomic mass is 35.5. The van der Waals surface area contributed by atoms with Gasteiger partial charge in [-0.15, -0.1) is 0 Å². The van der Waals surface area contributed by atoms with E-state index in [1.807, 2.05) is 0 Å². The number of hydrogen-bond donors (Lipinski definition) is 2. The van der Waals surface area contributed by atoms with E-state index < -0.39 is 23.4 Å². The summed E-state index contributed by atoms with van der Waals surface area (Å²) in [5.41, 5.74) is 4.83. The third-order valence-electron chi connectivity index (χ3n) is 3.46. The Balaban J connectivity index is 2.39. The Hall–Kier alpha value is -2.31. The quantitative estimate of drug-likeness (QED) is 0.850. The minimum absolute atomic E-state index is 0.00168. The fourth-order valence-electron chi connectivity index (χ4n) is 2.29. The van der Waals surface area contributed by atoms with E-state index in [1.54, 1.807) is 13.0 Å². The summed E-state index contributed by atoms with van der Waals surface area (Å²) < 4.78 is 1.19. The van der Waals surface area contributed by atoms with Gasteiger partial charge in [-0.2, -0.15) is 0 Å². The first-order chi connectivity index (χ1) is 11.4. The van der Waals surface area contributed by atoms with Gasteiger partial charge in [0.25, 0.3) is 11.5 Å². The molecule has 6 nitrogen and oxygen atoms in total. The molecule has 0 aliphatic carbocycles. The number of carbonyl (C=O) groups excluding carboxylic acids is 2. The standard InChI is InChI=1S/C16H15Cl2N3O3/c1-2-12(14(19)22)21-8-4-7-11(16(21)24)20-15(23)13-9(17)5-3-6-10(13)18/h3-8,12H,2H2,1H3,(H2,19,22)(H,20,23). The highest BCUT2D eigenvalue weighted by molar-refractivity contribution is 6.40. The van der Waals surface area contributed by atoms with Crippen LogP contribution >= 0.6 is 23.2 Å². The van der Waals surface area contributed by atoms with E-state index in [4.69, 9.17) is 28.9 Å². The van der Waals surface area contributed by atoms with E-state index in [1.165, 1.54) is 35.0 Å². The SMILES string of the molecule is CCC(C(N)=O)n1cccc(NC(=O)c2c(Cl)cccc2Cl)c1=O. The molecule has 0 bridgehead atoms. The van der Waals surface area contributed by atoms with Gasteiger partial charge in [-0.25, -0.2) is 0 Å². The monoisotopic (exact) mass is 367 g/mol. The van der Waals surface area contributed by atoms with Gasteiger partial charge >= 0.3 is 0 Å². The number of primary amides is 1. The van der Waals surface area contributed by atoms with Gasteiger partial charge in [-0.05, 0) is 30.7 Å². The molecule has 0 radical (unpaired) electrons. The predicted octanol–water partition coefficient (Wildman–Crippen LogP) is 2.84. The molecule has 1 unspecified atom stereocenters. The molecule has 2 aromatic rings. The van der Waals surface area contributed by atoms with Crippen molar-refractivity contribution in [3.05, 3.63) is 62.5 Å². The van der Waals surface area contributed by atoms with E-state index in [0.717, 1.165) is 0 Å². The lowest BCUT2D eigenvalue weighted by Gasteiger charge is -2.16. The highest BCUT2D eigenvalue weighted by Gasteiger charge is 2.20. The van der Waals surface area contributed by atoms with Crippen molar-refractivity contribution >= 4 is 40.7 Å². The highest BCUT2D eigenvalue weighted by Crippen LogP contribution is 2.25. The molecule has 3 N–H and O–H groups in total. The number of nitrogens with zero attached hydrogens (tertiary/aromatic N) is 1. The van der Waals surface area contributed by atoms with Gasteiger partial charge in [0.2, 0.25) is 5.91 Å². The first kappa shape index (κ1) is 18.0. The van der Waals surface area contributed by atoms with Crippen molar-refractivity contribution in [2.45, 2.75) is 19.4 Å². The second-order valence-electron chi connectivity index (χ2n) is 5.01. The Morgan fingerprint density at radius 2 is 1.83 bits per heavy atom. The Morgan fingerprint density at radius 1 is 1.21 bits per heavy atom. The number of pyridine rings is 1. The van der Waals surface area contributed by atoms with Gasteiger partial charge in [0.05, 0.1) is 15.6 Å². The summed E-state index contributed by atoms with van der Waals surface area (Å²) in [5, 5.41) is 2.81. The molecule has 0 spiro atoms. The molecule has 0 saturated heterocycles. The van der Waals surface area contributed by atoms with Crippen LogP contribution in [-0.2, 0) is 4.79 Å². The molecular weight excluding hydrogens is 353 g/mol. The molecule has 0 saturated carbocycles. The minimum Gasteiger partial charge on any atom is -0.368 e. The van der Waals surface area contributed by atoms with Gasteiger partial charge in [0, 0.05) is 6.20 Å². The number of anilines is 1. The van der Waals surface area contributed by atoms with Crippen LogP contribution in [0.15, 0.2) is 41.3 Å². The van der Waals surface area contributed by atoms with Gasteiger partial charge in [0.15, 0.2) is 0 Å². The average molecular weight is 368 g/mol. The van der Waals surface area contributed by atoms with Crippen LogP contribution < -0.4 is 16.6 Å². The number of benzene rings is 1. The number of halogens is 2. The van der Waals surface area contributed by atoms with Crippen LogP contribution in [0.4, 0.5) is 5.69 Å². The van der Waals surface area contributed by atoms with Crippen LogP contribution in [0.5, 0.6) is 0 Å². The minimum atomic E-state index is -0.793. The van der Waals surface area contributed by atoms with Gasteiger partial charge < -0.3 is 15.6 Å². The topological polar surface area (TPSA) is 94.2 Å². The summed E-state index contributed by atoms with van der Waals surface area (Å²) in [6, 6.07) is 6.82. The van der Waals surface area contributed by atoms with E-state index in [0.29, 0.717) is 6.42 Å². The van der Waals surface area contributed by atoms with Crippen LogP contribution in [0.25, 0.3) is 0 Å². The fourth-order valence-corrected chi connectivity index (χ4v) is 2.85. The van der Waals surface area contributed by atoms with Crippen LogP contribution in [0.3, 0.4) is 0 Å². The Morgan fingerprint density at radius 3 is 2.38 bits per heavy atom. The number of nitrogens with one attached hydrogen (secondary N) is 1. The number of aromatic nitrogens is 1. The van der Waals surface area contributed by atoms with E-state index >= 15 is 0 Å². The smallest absolute Gasteiger partial charge is 0.275 e. The summed E-state index contributed by atoms with van der Waals surface area (Å²) in [4.78, 5) is 36.3. The van der Waals surface area contributed by atoms with Gasteiger partial charge in [-0.3, -0.25) is 14.4 Å². The Kier molecular flexibility index (Phi) is 5.64. The molecule has 1 aromatic carbocycles. The Labute approximate surface area is 148 Å². The third-order valence-corrected chi connectivity index (χ3v) is 4.09. The summed E-state index contributed by atoms with van der Waals surface area (Å²) in [7, 11) is 0. The molecule has 126 valence electrons. The first-order valence-electron chi connectivity index (χ1n) is 7.12. The molecule has 1 heterocycles. The number of carbonyl (C=O) groups is 2. The van der Waals surface area contributed by atoms with Crippen LogP contribution in [-0.4, -0.2) is 16.4 Å². The fraction of sp³-hybridized carbons (Fsp3) is 0.188.